The molecule has 5 nitrogen and oxygen atoms in total. The van der Waals surface area contributed by atoms with Gasteiger partial charge in [-0.15, -0.1) is 0 Å². The third-order valence-corrected chi connectivity index (χ3v) is 4.44. The fourth-order valence-corrected chi connectivity index (χ4v) is 3.00. The summed E-state index contributed by atoms with van der Waals surface area (Å²) >= 11 is 0. The average Bonchev–Trinajstić information content (AvgIpc) is 3.04. The van der Waals surface area contributed by atoms with Crippen LogP contribution in [0.25, 0.3) is 0 Å². The van der Waals surface area contributed by atoms with Gasteiger partial charge in [0.15, 0.2) is 5.96 Å². The molecule has 6 heteroatoms. The SMILES string of the molecule is CCC(CN=C(N)NCC1CCCN1CC)Oc1cccc(F)c1. The number of aliphatic imine (C=N–C) groups is 1. The molecule has 134 valence electrons. The number of nitrogens with one attached hydrogen (secondary N) is 1. The number of nitrogens with two attached hydrogens (primary N) is 1. The predicted molar refractivity (Wildman–Crippen MR) is 95.9 cm³/mol. The first-order valence-electron chi connectivity index (χ1n) is 8.82. The number of guanidine groups is 1. The number of hydrogen-bond acceptors (Lipinski definition) is 3. The first-order chi connectivity index (χ1) is 11.6. The highest BCUT2D eigenvalue weighted by atomic mass is 19.1. The number of nitrogens with zero attached hydrogens (tertiary/aromatic N) is 2. The van der Waals surface area contributed by atoms with E-state index in [1.807, 2.05) is 6.92 Å². The van der Waals surface area contributed by atoms with Crippen LogP contribution in [-0.4, -0.2) is 49.2 Å². The van der Waals surface area contributed by atoms with E-state index in [4.69, 9.17) is 10.5 Å². The Balaban J connectivity index is 1.79. The van der Waals surface area contributed by atoms with Gasteiger partial charge in [0.05, 0.1) is 6.54 Å². The second-order valence-electron chi connectivity index (χ2n) is 6.14. The average molecular weight is 336 g/mol. The van der Waals surface area contributed by atoms with Crippen molar-refractivity contribution >= 4 is 5.96 Å². The Morgan fingerprint density at radius 1 is 1.50 bits per heavy atom. The molecule has 0 radical (unpaired) electrons. The molecule has 0 saturated carbocycles. The summed E-state index contributed by atoms with van der Waals surface area (Å²) in [4.78, 5) is 6.83. The van der Waals surface area contributed by atoms with Crippen molar-refractivity contribution in [1.82, 2.24) is 10.2 Å². The van der Waals surface area contributed by atoms with Gasteiger partial charge in [0.2, 0.25) is 0 Å². The van der Waals surface area contributed by atoms with Gasteiger partial charge in [-0.3, -0.25) is 4.90 Å². The van der Waals surface area contributed by atoms with Crippen molar-refractivity contribution in [3.05, 3.63) is 30.1 Å². The summed E-state index contributed by atoms with van der Waals surface area (Å²) in [5, 5.41) is 3.21. The van der Waals surface area contributed by atoms with Crippen LogP contribution in [0.5, 0.6) is 5.75 Å². The van der Waals surface area contributed by atoms with Crippen LogP contribution in [0.2, 0.25) is 0 Å². The van der Waals surface area contributed by atoms with Gasteiger partial charge in [-0.05, 0) is 44.5 Å². The van der Waals surface area contributed by atoms with Gasteiger partial charge in [0, 0.05) is 18.7 Å². The van der Waals surface area contributed by atoms with Crippen molar-refractivity contribution in [3.8, 4) is 5.75 Å². The van der Waals surface area contributed by atoms with E-state index < -0.39 is 0 Å². The summed E-state index contributed by atoms with van der Waals surface area (Å²) < 4.78 is 19.0. The maximum Gasteiger partial charge on any atom is 0.188 e. The standard InChI is InChI=1S/C18H29FN4O/c1-3-16(24-17-9-5-7-14(19)11-17)13-22-18(20)21-12-15-8-6-10-23(15)4-2/h5,7,9,11,15-16H,3-4,6,8,10,12-13H2,1-2H3,(H3,20,21,22). The molecule has 0 spiro atoms. The van der Waals surface area contributed by atoms with Gasteiger partial charge in [0.1, 0.15) is 17.7 Å². The van der Waals surface area contributed by atoms with Crippen molar-refractivity contribution in [2.24, 2.45) is 10.7 Å². The normalized spacial score (nSPS) is 20.1. The fraction of sp³-hybridized carbons (Fsp3) is 0.611. The monoisotopic (exact) mass is 336 g/mol. The molecule has 0 aromatic heterocycles. The second kappa shape index (κ2) is 9.47. The number of halogens is 1. The van der Waals surface area contributed by atoms with Crippen molar-refractivity contribution < 1.29 is 9.13 Å². The van der Waals surface area contributed by atoms with Crippen LogP contribution in [0.15, 0.2) is 29.3 Å². The van der Waals surface area contributed by atoms with Crippen molar-refractivity contribution in [2.45, 2.75) is 45.3 Å². The van der Waals surface area contributed by atoms with Crippen LogP contribution >= 0.6 is 0 Å². The van der Waals surface area contributed by atoms with Crippen LogP contribution < -0.4 is 15.8 Å². The minimum atomic E-state index is -0.302. The summed E-state index contributed by atoms with van der Waals surface area (Å²) in [5.74, 6) is 0.663. The zero-order chi connectivity index (χ0) is 17.4. The van der Waals surface area contributed by atoms with Crippen LogP contribution in [-0.2, 0) is 0 Å². The molecule has 1 aromatic carbocycles. The molecule has 1 heterocycles. The molecule has 2 unspecified atom stereocenters. The molecule has 1 aliphatic rings. The lowest BCUT2D eigenvalue weighted by Crippen LogP contribution is -2.43. The summed E-state index contributed by atoms with van der Waals surface area (Å²) in [5.41, 5.74) is 5.96. The first-order valence-corrected chi connectivity index (χ1v) is 8.82. The Kier molecular flexibility index (Phi) is 7.31. The van der Waals surface area contributed by atoms with E-state index >= 15 is 0 Å². The third-order valence-electron chi connectivity index (χ3n) is 4.44. The van der Waals surface area contributed by atoms with Gasteiger partial charge in [-0.2, -0.15) is 0 Å². The Labute approximate surface area is 144 Å². The van der Waals surface area contributed by atoms with Gasteiger partial charge < -0.3 is 15.8 Å². The van der Waals surface area contributed by atoms with E-state index in [2.05, 4.69) is 22.1 Å². The molecule has 0 aliphatic carbocycles. The number of benzene rings is 1. The fourth-order valence-electron chi connectivity index (χ4n) is 3.00. The molecule has 24 heavy (non-hydrogen) atoms. The van der Waals surface area contributed by atoms with E-state index in [1.165, 1.54) is 31.5 Å². The Hall–Kier alpha value is -1.82. The Morgan fingerprint density at radius 2 is 2.33 bits per heavy atom. The lowest BCUT2D eigenvalue weighted by atomic mass is 10.2. The van der Waals surface area contributed by atoms with E-state index in [1.54, 1.807) is 12.1 Å². The zero-order valence-electron chi connectivity index (χ0n) is 14.7. The summed E-state index contributed by atoms with van der Waals surface area (Å²) in [6, 6.07) is 6.70. The number of likely N-dealkylation sites (tertiary alicyclic amines) is 1. The van der Waals surface area contributed by atoms with Crippen molar-refractivity contribution in [3.63, 3.8) is 0 Å². The molecule has 1 aliphatic heterocycles. The highest BCUT2D eigenvalue weighted by Crippen LogP contribution is 2.16. The number of likely N-dealkylation sites (N-methyl/N-ethyl adjacent to an activating group) is 1. The molecule has 1 aromatic rings. The van der Waals surface area contributed by atoms with Crippen LogP contribution in [0.3, 0.4) is 0 Å². The molecule has 0 bridgehead atoms. The summed E-state index contributed by atoms with van der Waals surface area (Å²) in [6.45, 7) is 7.72. The molecule has 1 saturated heterocycles. The van der Waals surface area contributed by atoms with Crippen LogP contribution in [0.4, 0.5) is 4.39 Å². The smallest absolute Gasteiger partial charge is 0.188 e. The zero-order valence-corrected chi connectivity index (χ0v) is 14.7. The minimum absolute atomic E-state index is 0.120. The Morgan fingerprint density at radius 3 is 3.04 bits per heavy atom. The molecule has 1 fully saturated rings. The lowest BCUT2D eigenvalue weighted by molar-refractivity contribution is 0.205. The predicted octanol–water partition coefficient (Wildman–Crippen LogP) is 2.37. The molecule has 2 atom stereocenters. The largest absolute Gasteiger partial charge is 0.488 e. The highest BCUT2D eigenvalue weighted by Gasteiger charge is 2.22. The Bertz CT molecular complexity index is 538. The minimum Gasteiger partial charge on any atom is -0.488 e. The molecule has 3 N–H and O–H groups in total. The van der Waals surface area contributed by atoms with Gasteiger partial charge in [0.25, 0.3) is 0 Å². The second-order valence-corrected chi connectivity index (χ2v) is 6.14. The molecular formula is C18H29FN4O. The quantitative estimate of drug-likeness (QED) is 0.565. The topological polar surface area (TPSA) is 62.9 Å². The maximum atomic E-state index is 13.2. The van der Waals surface area contributed by atoms with E-state index in [0.29, 0.717) is 24.3 Å². The third kappa shape index (κ3) is 5.67. The van der Waals surface area contributed by atoms with Crippen molar-refractivity contribution in [2.75, 3.05) is 26.2 Å². The van der Waals surface area contributed by atoms with Gasteiger partial charge >= 0.3 is 0 Å². The number of ether oxygens (including phenoxy) is 1. The van der Waals surface area contributed by atoms with E-state index in [0.717, 1.165) is 19.5 Å². The van der Waals surface area contributed by atoms with Gasteiger partial charge in [-0.1, -0.05) is 19.9 Å². The number of hydrogen-bond donors (Lipinski definition) is 2. The molecule has 2 rings (SSSR count). The maximum absolute atomic E-state index is 13.2. The van der Waals surface area contributed by atoms with E-state index in [9.17, 15) is 4.39 Å². The van der Waals surface area contributed by atoms with Crippen LogP contribution in [0.1, 0.15) is 33.1 Å². The van der Waals surface area contributed by atoms with Crippen molar-refractivity contribution in [1.29, 1.82) is 0 Å². The van der Waals surface area contributed by atoms with Gasteiger partial charge in [-0.25, -0.2) is 9.38 Å². The number of rotatable bonds is 8. The first kappa shape index (κ1) is 18.5. The lowest BCUT2D eigenvalue weighted by Gasteiger charge is -2.23. The summed E-state index contributed by atoms with van der Waals surface area (Å²) in [6.07, 6.45) is 3.11. The summed E-state index contributed by atoms with van der Waals surface area (Å²) in [7, 11) is 0. The van der Waals surface area contributed by atoms with E-state index in [-0.39, 0.29) is 11.9 Å². The highest BCUT2D eigenvalue weighted by molar-refractivity contribution is 5.77. The molecule has 0 amide bonds. The molecular weight excluding hydrogens is 307 g/mol. The van der Waals surface area contributed by atoms with Crippen LogP contribution in [0, 0.1) is 5.82 Å².